The van der Waals surface area contributed by atoms with Crippen molar-refractivity contribution in [1.29, 1.82) is 0 Å². The van der Waals surface area contributed by atoms with Gasteiger partial charge in [0.25, 0.3) is 5.91 Å². The SMILES string of the molecule is COc1cc(N)c(I)cc1C(=O)NC1CCN(CC2CCCCC2)CC1. The first-order valence-corrected chi connectivity index (χ1v) is 10.8. The van der Waals surface area contributed by atoms with Gasteiger partial charge in [-0.25, -0.2) is 0 Å². The Hall–Kier alpha value is -1.02. The number of nitrogens with two attached hydrogens (primary N) is 1. The van der Waals surface area contributed by atoms with Gasteiger partial charge in [0.2, 0.25) is 0 Å². The fraction of sp³-hybridized carbons (Fsp3) is 0.650. The number of halogens is 1. The second-order valence-corrected chi connectivity index (χ2v) is 8.79. The lowest BCUT2D eigenvalue weighted by molar-refractivity contribution is 0.0898. The van der Waals surface area contributed by atoms with Crippen molar-refractivity contribution in [3.8, 4) is 5.75 Å². The summed E-state index contributed by atoms with van der Waals surface area (Å²) >= 11 is 2.15. The van der Waals surface area contributed by atoms with E-state index in [-0.39, 0.29) is 11.9 Å². The van der Waals surface area contributed by atoms with Gasteiger partial charge >= 0.3 is 0 Å². The van der Waals surface area contributed by atoms with Crippen molar-refractivity contribution in [2.24, 2.45) is 5.92 Å². The van der Waals surface area contributed by atoms with E-state index in [2.05, 4.69) is 32.8 Å². The third-order valence-corrected chi connectivity index (χ3v) is 6.66. The third-order valence-electron chi connectivity index (χ3n) is 5.73. The maximum Gasteiger partial charge on any atom is 0.255 e. The number of rotatable bonds is 5. The number of nitrogens with zero attached hydrogens (tertiary/aromatic N) is 1. The molecule has 1 saturated heterocycles. The number of hydrogen-bond donors (Lipinski definition) is 2. The van der Waals surface area contributed by atoms with Crippen molar-refractivity contribution in [3.63, 3.8) is 0 Å². The number of likely N-dealkylation sites (tertiary alicyclic amines) is 1. The van der Waals surface area contributed by atoms with E-state index < -0.39 is 0 Å². The zero-order chi connectivity index (χ0) is 18.5. The fourth-order valence-electron chi connectivity index (χ4n) is 4.17. The van der Waals surface area contributed by atoms with Crippen LogP contribution in [0.25, 0.3) is 0 Å². The monoisotopic (exact) mass is 471 g/mol. The predicted molar refractivity (Wildman–Crippen MR) is 114 cm³/mol. The van der Waals surface area contributed by atoms with Gasteiger partial charge in [-0.1, -0.05) is 19.3 Å². The van der Waals surface area contributed by atoms with E-state index >= 15 is 0 Å². The highest BCUT2D eigenvalue weighted by Gasteiger charge is 2.25. The Kier molecular flexibility index (Phi) is 7.03. The smallest absolute Gasteiger partial charge is 0.255 e. The average Bonchev–Trinajstić information content (AvgIpc) is 2.66. The van der Waals surface area contributed by atoms with Crippen molar-refractivity contribution in [3.05, 3.63) is 21.3 Å². The van der Waals surface area contributed by atoms with Gasteiger partial charge in [-0.3, -0.25) is 4.79 Å². The quantitative estimate of drug-likeness (QED) is 0.508. The van der Waals surface area contributed by atoms with E-state index in [0.717, 1.165) is 35.4 Å². The van der Waals surface area contributed by atoms with E-state index in [9.17, 15) is 4.79 Å². The molecule has 0 atom stereocenters. The van der Waals surface area contributed by atoms with Crippen LogP contribution in [0, 0.1) is 9.49 Å². The van der Waals surface area contributed by atoms with Crippen LogP contribution in [0.2, 0.25) is 0 Å². The topological polar surface area (TPSA) is 67.6 Å². The molecule has 0 unspecified atom stereocenters. The van der Waals surface area contributed by atoms with Crippen molar-refractivity contribution >= 4 is 34.2 Å². The van der Waals surface area contributed by atoms with E-state index in [1.807, 2.05) is 6.07 Å². The molecule has 6 heteroatoms. The molecule has 2 fully saturated rings. The number of methoxy groups -OCH3 is 1. The number of nitrogens with one attached hydrogen (secondary N) is 1. The Bertz CT molecular complexity index is 624. The molecular formula is C20H30IN3O2. The highest BCUT2D eigenvalue weighted by atomic mass is 127. The number of benzene rings is 1. The van der Waals surface area contributed by atoms with Crippen LogP contribution in [0.3, 0.4) is 0 Å². The molecule has 0 spiro atoms. The minimum Gasteiger partial charge on any atom is -0.496 e. The Morgan fingerprint density at radius 3 is 2.58 bits per heavy atom. The van der Waals surface area contributed by atoms with Gasteiger partial charge in [0, 0.05) is 41.0 Å². The number of nitrogen functional groups attached to an aromatic ring is 1. The number of amides is 1. The number of ether oxygens (including phenoxy) is 1. The van der Waals surface area contributed by atoms with Gasteiger partial charge in [0.1, 0.15) is 5.75 Å². The number of carbonyl (C=O) groups excluding carboxylic acids is 1. The van der Waals surface area contributed by atoms with Gasteiger partial charge in [-0.15, -0.1) is 0 Å². The zero-order valence-corrected chi connectivity index (χ0v) is 17.8. The summed E-state index contributed by atoms with van der Waals surface area (Å²) in [6.07, 6.45) is 9.05. The van der Waals surface area contributed by atoms with E-state index in [1.165, 1.54) is 38.6 Å². The van der Waals surface area contributed by atoms with Gasteiger partial charge < -0.3 is 20.7 Å². The molecule has 3 rings (SSSR count). The van der Waals surface area contributed by atoms with Crippen LogP contribution in [0.4, 0.5) is 5.69 Å². The first-order valence-electron chi connectivity index (χ1n) is 9.73. The molecule has 144 valence electrons. The highest BCUT2D eigenvalue weighted by Crippen LogP contribution is 2.28. The van der Waals surface area contributed by atoms with Crippen molar-refractivity contribution in [1.82, 2.24) is 10.2 Å². The Labute approximate surface area is 170 Å². The van der Waals surface area contributed by atoms with Crippen LogP contribution in [0.1, 0.15) is 55.3 Å². The van der Waals surface area contributed by atoms with E-state index in [1.54, 1.807) is 13.2 Å². The first kappa shape index (κ1) is 19.7. The first-order chi connectivity index (χ1) is 12.6. The molecule has 1 aliphatic heterocycles. The van der Waals surface area contributed by atoms with Crippen LogP contribution in [-0.2, 0) is 0 Å². The van der Waals surface area contributed by atoms with Crippen LogP contribution in [-0.4, -0.2) is 43.6 Å². The summed E-state index contributed by atoms with van der Waals surface area (Å²) < 4.78 is 6.21. The predicted octanol–water partition coefficient (Wildman–Crippen LogP) is 3.66. The lowest BCUT2D eigenvalue weighted by atomic mass is 9.88. The summed E-state index contributed by atoms with van der Waals surface area (Å²) in [5.41, 5.74) is 7.12. The van der Waals surface area contributed by atoms with Crippen molar-refractivity contribution in [2.75, 3.05) is 32.5 Å². The molecule has 2 aliphatic rings. The molecular weight excluding hydrogens is 441 g/mol. The lowest BCUT2D eigenvalue weighted by Crippen LogP contribution is -2.46. The largest absolute Gasteiger partial charge is 0.496 e. The van der Waals surface area contributed by atoms with Crippen molar-refractivity contribution in [2.45, 2.75) is 51.0 Å². The Balaban J connectivity index is 1.51. The number of carbonyl (C=O) groups is 1. The maximum atomic E-state index is 12.7. The Morgan fingerprint density at radius 1 is 1.23 bits per heavy atom. The van der Waals surface area contributed by atoms with Gasteiger partial charge in [0.05, 0.1) is 12.7 Å². The molecule has 3 N–H and O–H groups in total. The van der Waals surface area contributed by atoms with Crippen LogP contribution >= 0.6 is 22.6 Å². The average molecular weight is 471 g/mol. The van der Waals surface area contributed by atoms with Gasteiger partial charge in [-0.05, 0) is 60.3 Å². The Morgan fingerprint density at radius 2 is 1.92 bits per heavy atom. The molecule has 1 aromatic rings. The fourth-order valence-corrected chi connectivity index (χ4v) is 4.64. The van der Waals surface area contributed by atoms with E-state index in [4.69, 9.17) is 10.5 Å². The van der Waals surface area contributed by atoms with Crippen LogP contribution in [0.5, 0.6) is 5.75 Å². The molecule has 1 amide bonds. The van der Waals surface area contributed by atoms with Crippen molar-refractivity contribution < 1.29 is 9.53 Å². The number of anilines is 1. The second-order valence-electron chi connectivity index (χ2n) is 7.63. The summed E-state index contributed by atoms with van der Waals surface area (Å²) in [6, 6.07) is 3.77. The molecule has 1 aliphatic carbocycles. The molecule has 0 radical (unpaired) electrons. The van der Waals surface area contributed by atoms with Crippen LogP contribution in [0.15, 0.2) is 12.1 Å². The van der Waals surface area contributed by atoms with Crippen LogP contribution < -0.4 is 15.8 Å². The minimum atomic E-state index is -0.0644. The minimum absolute atomic E-state index is 0.0644. The standard InChI is InChI=1S/C20H30IN3O2/c1-26-19-12-18(22)17(21)11-16(19)20(25)23-15-7-9-24(10-8-15)13-14-5-3-2-4-6-14/h11-12,14-15H,2-10,13,22H2,1H3,(H,23,25). The number of hydrogen-bond acceptors (Lipinski definition) is 4. The zero-order valence-electron chi connectivity index (χ0n) is 15.6. The summed E-state index contributed by atoms with van der Waals surface area (Å²) in [5.74, 6) is 1.36. The molecule has 1 aromatic carbocycles. The summed E-state index contributed by atoms with van der Waals surface area (Å²) in [7, 11) is 1.57. The van der Waals surface area contributed by atoms with Gasteiger partial charge in [0.15, 0.2) is 0 Å². The molecule has 1 saturated carbocycles. The molecule has 0 bridgehead atoms. The summed E-state index contributed by atoms with van der Waals surface area (Å²) in [5, 5.41) is 3.19. The molecule has 1 heterocycles. The maximum absolute atomic E-state index is 12.7. The van der Waals surface area contributed by atoms with E-state index in [0.29, 0.717) is 17.0 Å². The normalized spacial score (nSPS) is 20.1. The summed E-state index contributed by atoms with van der Waals surface area (Å²) in [6.45, 7) is 3.40. The highest BCUT2D eigenvalue weighted by molar-refractivity contribution is 14.1. The second kappa shape index (κ2) is 9.26. The summed E-state index contributed by atoms with van der Waals surface area (Å²) in [4.78, 5) is 15.3. The third kappa shape index (κ3) is 5.03. The molecule has 5 nitrogen and oxygen atoms in total. The lowest BCUT2D eigenvalue weighted by Gasteiger charge is -2.35. The molecule has 0 aromatic heterocycles. The number of piperidine rings is 1. The van der Waals surface area contributed by atoms with Gasteiger partial charge in [-0.2, -0.15) is 0 Å². The molecule has 26 heavy (non-hydrogen) atoms.